The molecule has 24 heavy (non-hydrogen) atoms. The van der Waals surface area contributed by atoms with Gasteiger partial charge in [-0.3, -0.25) is 9.89 Å². The third kappa shape index (κ3) is 4.10. The molecule has 0 spiro atoms. The zero-order valence-electron chi connectivity index (χ0n) is 12.3. The molecular formula is C17H12BrClN4O. The standard InChI is InChI=1S/C17H12BrClN4O/c18-13-5-3-12(4-6-13)15-9-16(22-21-15)17(24)23-20-10-11-1-7-14(19)8-2-11/h1-10H,(H,21,22)(H,23,24)/b20-10-. The van der Waals surface area contributed by atoms with E-state index in [4.69, 9.17) is 11.6 Å². The van der Waals surface area contributed by atoms with Crippen molar-refractivity contribution in [1.29, 1.82) is 0 Å². The number of benzene rings is 2. The lowest BCUT2D eigenvalue weighted by Crippen LogP contribution is -2.17. The lowest BCUT2D eigenvalue weighted by Gasteiger charge is -1.96. The maximum absolute atomic E-state index is 12.1. The maximum Gasteiger partial charge on any atom is 0.289 e. The van der Waals surface area contributed by atoms with Crippen LogP contribution < -0.4 is 5.43 Å². The van der Waals surface area contributed by atoms with Crippen LogP contribution in [-0.4, -0.2) is 22.3 Å². The molecule has 120 valence electrons. The Labute approximate surface area is 151 Å². The Hall–Kier alpha value is -2.44. The number of nitrogens with one attached hydrogen (secondary N) is 2. The lowest BCUT2D eigenvalue weighted by molar-refractivity contribution is 0.0950. The molecule has 0 radical (unpaired) electrons. The van der Waals surface area contributed by atoms with E-state index in [1.807, 2.05) is 24.3 Å². The maximum atomic E-state index is 12.1. The molecule has 0 saturated heterocycles. The number of aromatic amines is 1. The van der Waals surface area contributed by atoms with Crippen molar-refractivity contribution in [1.82, 2.24) is 15.6 Å². The highest BCUT2D eigenvalue weighted by atomic mass is 79.9. The molecule has 0 fully saturated rings. The van der Waals surface area contributed by atoms with Gasteiger partial charge in [0.2, 0.25) is 0 Å². The minimum atomic E-state index is -0.365. The number of carbonyl (C=O) groups excluding carboxylic acids is 1. The van der Waals surface area contributed by atoms with Crippen LogP contribution in [0.15, 0.2) is 64.2 Å². The smallest absolute Gasteiger partial charge is 0.272 e. The summed E-state index contributed by atoms with van der Waals surface area (Å²) in [7, 11) is 0. The first-order chi connectivity index (χ1) is 11.6. The van der Waals surface area contributed by atoms with Gasteiger partial charge in [0, 0.05) is 15.1 Å². The number of H-pyrrole nitrogens is 1. The highest BCUT2D eigenvalue weighted by Gasteiger charge is 2.10. The van der Waals surface area contributed by atoms with Crippen molar-refractivity contribution in [2.75, 3.05) is 0 Å². The number of hydrazone groups is 1. The third-order valence-electron chi connectivity index (χ3n) is 3.21. The van der Waals surface area contributed by atoms with Gasteiger partial charge in [-0.05, 0) is 35.9 Å². The first-order valence-electron chi connectivity index (χ1n) is 7.02. The van der Waals surface area contributed by atoms with Crippen molar-refractivity contribution in [3.05, 3.63) is 75.4 Å². The average molecular weight is 404 g/mol. The van der Waals surface area contributed by atoms with E-state index >= 15 is 0 Å². The molecule has 2 aromatic carbocycles. The largest absolute Gasteiger partial charge is 0.289 e. The molecular weight excluding hydrogens is 392 g/mol. The van der Waals surface area contributed by atoms with Crippen LogP contribution in [0.2, 0.25) is 5.02 Å². The molecule has 1 aromatic heterocycles. The van der Waals surface area contributed by atoms with Gasteiger partial charge in [-0.2, -0.15) is 10.2 Å². The molecule has 0 aliphatic heterocycles. The lowest BCUT2D eigenvalue weighted by atomic mass is 10.1. The summed E-state index contributed by atoms with van der Waals surface area (Å²) >= 11 is 9.19. The summed E-state index contributed by atoms with van der Waals surface area (Å²) in [6.45, 7) is 0. The van der Waals surface area contributed by atoms with E-state index in [-0.39, 0.29) is 5.91 Å². The van der Waals surface area contributed by atoms with Gasteiger partial charge in [-0.15, -0.1) is 0 Å². The normalized spacial score (nSPS) is 10.9. The fraction of sp³-hybridized carbons (Fsp3) is 0. The molecule has 2 N–H and O–H groups in total. The Morgan fingerprint density at radius 2 is 1.88 bits per heavy atom. The Morgan fingerprint density at radius 3 is 2.58 bits per heavy atom. The van der Waals surface area contributed by atoms with E-state index in [1.165, 1.54) is 0 Å². The van der Waals surface area contributed by atoms with Gasteiger partial charge in [-0.25, -0.2) is 5.43 Å². The molecule has 0 bridgehead atoms. The summed E-state index contributed by atoms with van der Waals surface area (Å²) in [5.41, 5.74) is 5.23. The predicted octanol–water partition coefficient (Wildman–Crippen LogP) is 4.26. The minimum Gasteiger partial charge on any atom is -0.272 e. The summed E-state index contributed by atoms with van der Waals surface area (Å²) < 4.78 is 0.983. The molecule has 7 heteroatoms. The van der Waals surface area contributed by atoms with Crippen LogP contribution in [0.5, 0.6) is 0 Å². The van der Waals surface area contributed by atoms with Crippen molar-refractivity contribution in [3.63, 3.8) is 0 Å². The van der Waals surface area contributed by atoms with E-state index in [9.17, 15) is 4.79 Å². The van der Waals surface area contributed by atoms with Crippen LogP contribution in [0.3, 0.4) is 0 Å². The summed E-state index contributed by atoms with van der Waals surface area (Å²) in [5, 5.41) is 11.4. The van der Waals surface area contributed by atoms with Crippen LogP contribution in [0.1, 0.15) is 16.1 Å². The SMILES string of the molecule is O=C(N/N=C\c1ccc(Cl)cc1)c1cc(-c2ccc(Br)cc2)n[nH]1. The van der Waals surface area contributed by atoms with E-state index in [1.54, 1.807) is 36.5 Å². The molecule has 3 aromatic rings. The van der Waals surface area contributed by atoms with Gasteiger partial charge in [0.25, 0.3) is 5.91 Å². The highest BCUT2D eigenvalue weighted by Crippen LogP contribution is 2.20. The van der Waals surface area contributed by atoms with E-state index in [2.05, 4.69) is 36.7 Å². The van der Waals surface area contributed by atoms with Crippen LogP contribution in [0.4, 0.5) is 0 Å². The van der Waals surface area contributed by atoms with Gasteiger partial charge < -0.3 is 0 Å². The summed E-state index contributed by atoms with van der Waals surface area (Å²) in [4.78, 5) is 12.1. The number of carbonyl (C=O) groups is 1. The fourth-order valence-corrected chi connectivity index (χ4v) is 2.37. The Bertz CT molecular complexity index is 872. The fourth-order valence-electron chi connectivity index (χ4n) is 1.98. The van der Waals surface area contributed by atoms with E-state index in [0.717, 1.165) is 15.6 Å². The Balaban J connectivity index is 1.65. The monoisotopic (exact) mass is 402 g/mol. The van der Waals surface area contributed by atoms with E-state index in [0.29, 0.717) is 16.4 Å². The zero-order valence-corrected chi connectivity index (χ0v) is 14.7. The van der Waals surface area contributed by atoms with Crippen molar-refractivity contribution < 1.29 is 4.79 Å². The van der Waals surface area contributed by atoms with Gasteiger partial charge in [0.1, 0.15) is 5.69 Å². The molecule has 0 unspecified atom stereocenters. The molecule has 0 aliphatic carbocycles. The number of rotatable bonds is 4. The molecule has 0 aliphatic rings. The second-order valence-corrected chi connectivity index (χ2v) is 6.28. The van der Waals surface area contributed by atoms with E-state index < -0.39 is 0 Å². The number of halogens is 2. The molecule has 1 amide bonds. The molecule has 0 atom stereocenters. The Morgan fingerprint density at radius 1 is 1.17 bits per heavy atom. The summed E-state index contributed by atoms with van der Waals surface area (Å²) in [6, 6.07) is 16.5. The van der Waals surface area contributed by atoms with Crippen LogP contribution in [-0.2, 0) is 0 Å². The molecule has 1 heterocycles. The first kappa shape index (κ1) is 16.4. The van der Waals surface area contributed by atoms with Gasteiger partial charge >= 0.3 is 0 Å². The molecule has 5 nitrogen and oxygen atoms in total. The topological polar surface area (TPSA) is 70.1 Å². The highest BCUT2D eigenvalue weighted by molar-refractivity contribution is 9.10. The number of hydrogen-bond acceptors (Lipinski definition) is 3. The van der Waals surface area contributed by atoms with Crippen molar-refractivity contribution in [3.8, 4) is 11.3 Å². The van der Waals surface area contributed by atoms with Crippen molar-refractivity contribution >= 4 is 39.7 Å². The second-order valence-electron chi connectivity index (χ2n) is 4.92. The van der Waals surface area contributed by atoms with Gasteiger partial charge in [0.05, 0.1) is 11.9 Å². The number of aromatic nitrogens is 2. The summed E-state index contributed by atoms with van der Waals surface area (Å²) in [5.74, 6) is -0.365. The zero-order chi connectivity index (χ0) is 16.9. The predicted molar refractivity (Wildman–Crippen MR) is 98.2 cm³/mol. The van der Waals surface area contributed by atoms with Crippen LogP contribution in [0, 0.1) is 0 Å². The van der Waals surface area contributed by atoms with Crippen LogP contribution in [0.25, 0.3) is 11.3 Å². The van der Waals surface area contributed by atoms with Gasteiger partial charge in [0.15, 0.2) is 0 Å². The second kappa shape index (κ2) is 7.42. The Kier molecular flexibility index (Phi) is 5.08. The quantitative estimate of drug-likeness (QED) is 0.505. The number of amides is 1. The summed E-state index contributed by atoms with van der Waals surface area (Å²) in [6.07, 6.45) is 1.54. The average Bonchev–Trinajstić information content (AvgIpc) is 3.07. The molecule has 0 saturated carbocycles. The molecule has 3 rings (SSSR count). The van der Waals surface area contributed by atoms with Gasteiger partial charge in [-0.1, -0.05) is 51.8 Å². The van der Waals surface area contributed by atoms with Crippen molar-refractivity contribution in [2.45, 2.75) is 0 Å². The number of nitrogens with zero attached hydrogens (tertiary/aromatic N) is 2. The van der Waals surface area contributed by atoms with Crippen LogP contribution >= 0.6 is 27.5 Å². The minimum absolute atomic E-state index is 0.334. The number of hydrogen-bond donors (Lipinski definition) is 2. The third-order valence-corrected chi connectivity index (χ3v) is 3.99. The van der Waals surface area contributed by atoms with Crippen molar-refractivity contribution in [2.24, 2.45) is 5.10 Å². The first-order valence-corrected chi connectivity index (χ1v) is 8.19.